The van der Waals surface area contributed by atoms with Crippen LogP contribution in [-0.4, -0.2) is 10.9 Å². The molecule has 0 radical (unpaired) electrons. The van der Waals surface area contributed by atoms with E-state index in [2.05, 4.69) is 26.0 Å². The van der Waals surface area contributed by atoms with Crippen molar-refractivity contribution in [3.8, 4) is 0 Å². The maximum absolute atomic E-state index is 9.58. The van der Waals surface area contributed by atoms with Gasteiger partial charge in [0.05, 0.1) is 6.10 Å². The molecule has 0 aliphatic carbocycles. The van der Waals surface area contributed by atoms with Gasteiger partial charge in [-0.25, -0.2) is 0 Å². The van der Waals surface area contributed by atoms with Crippen molar-refractivity contribution in [1.29, 1.82) is 0 Å². The maximum atomic E-state index is 9.58. The van der Waals surface area contributed by atoms with Crippen LogP contribution in [0.3, 0.4) is 0 Å². The number of thioether (sulfide) groups is 1. The molecule has 0 aromatic heterocycles. The molecule has 18 heavy (non-hydrogen) atoms. The predicted molar refractivity (Wildman–Crippen MR) is 81.1 cm³/mol. The molecule has 0 aliphatic rings. The molecule has 0 heterocycles. The van der Waals surface area contributed by atoms with Gasteiger partial charge < -0.3 is 5.11 Å². The Balaban J connectivity index is 2.48. The fourth-order valence-corrected chi connectivity index (χ4v) is 3.20. The van der Waals surface area contributed by atoms with E-state index in [-0.39, 0.29) is 6.10 Å². The van der Waals surface area contributed by atoms with Crippen molar-refractivity contribution in [3.63, 3.8) is 0 Å². The van der Waals surface area contributed by atoms with E-state index in [1.807, 2.05) is 30.8 Å². The van der Waals surface area contributed by atoms with Crippen molar-refractivity contribution < 1.29 is 5.11 Å². The Kier molecular flexibility index (Phi) is 7.45. The summed E-state index contributed by atoms with van der Waals surface area (Å²) in [6.45, 7) is 6.36. The summed E-state index contributed by atoms with van der Waals surface area (Å²) in [6, 6.07) is 8.28. The molecule has 0 spiro atoms. The Morgan fingerprint density at radius 3 is 2.67 bits per heavy atom. The van der Waals surface area contributed by atoms with Gasteiger partial charge in [0.2, 0.25) is 0 Å². The number of benzene rings is 1. The number of rotatable bonds is 8. The summed E-state index contributed by atoms with van der Waals surface area (Å²) in [6.07, 6.45) is 4.87. The zero-order valence-electron chi connectivity index (χ0n) is 11.9. The van der Waals surface area contributed by atoms with Crippen LogP contribution >= 0.6 is 11.8 Å². The maximum Gasteiger partial charge on any atom is 0.0762 e. The summed E-state index contributed by atoms with van der Waals surface area (Å²) < 4.78 is 0. The lowest BCUT2D eigenvalue weighted by Crippen LogP contribution is -2.02. The topological polar surface area (TPSA) is 20.2 Å². The first kappa shape index (κ1) is 15.6. The lowest BCUT2D eigenvalue weighted by molar-refractivity contribution is 0.199. The Morgan fingerprint density at radius 1 is 1.28 bits per heavy atom. The van der Waals surface area contributed by atoms with Crippen LogP contribution in [0.25, 0.3) is 0 Å². The molecule has 1 N–H and O–H groups in total. The van der Waals surface area contributed by atoms with Crippen LogP contribution in [0.2, 0.25) is 0 Å². The fraction of sp³-hybridized carbons (Fsp3) is 0.625. The standard InChI is InChI=1S/C16H26OS/c1-4-6-8-14(5-2)12-18-16-10-7-9-15(11-16)13(3)17/h7,9-11,13-14,17H,4-6,8,12H2,1-3H3. The Hall–Kier alpha value is -0.470. The van der Waals surface area contributed by atoms with Crippen LogP contribution in [0.15, 0.2) is 29.2 Å². The zero-order chi connectivity index (χ0) is 13.4. The second kappa shape index (κ2) is 8.60. The van der Waals surface area contributed by atoms with E-state index in [1.165, 1.54) is 36.3 Å². The van der Waals surface area contributed by atoms with Crippen molar-refractivity contribution in [2.45, 2.75) is 57.5 Å². The molecule has 2 unspecified atom stereocenters. The summed E-state index contributed by atoms with van der Waals surface area (Å²) in [5, 5.41) is 9.58. The average molecular weight is 266 g/mol. The first-order valence-electron chi connectivity index (χ1n) is 7.08. The normalized spacial score (nSPS) is 14.4. The number of hydrogen-bond acceptors (Lipinski definition) is 2. The zero-order valence-corrected chi connectivity index (χ0v) is 12.7. The van der Waals surface area contributed by atoms with Gasteiger partial charge in [-0.1, -0.05) is 45.2 Å². The van der Waals surface area contributed by atoms with Gasteiger partial charge >= 0.3 is 0 Å². The first-order chi connectivity index (χ1) is 8.67. The van der Waals surface area contributed by atoms with Crippen molar-refractivity contribution in [2.24, 2.45) is 5.92 Å². The van der Waals surface area contributed by atoms with Crippen molar-refractivity contribution in [2.75, 3.05) is 5.75 Å². The van der Waals surface area contributed by atoms with Crippen LogP contribution < -0.4 is 0 Å². The summed E-state index contributed by atoms with van der Waals surface area (Å²) >= 11 is 1.92. The van der Waals surface area contributed by atoms with Gasteiger partial charge in [0.15, 0.2) is 0 Å². The number of hydrogen-bond donors (Lipinski definition) is 1. The molecule has 2 heteroatoms. The summed E-state index contributed by atoms with van der Waals surface area (Å²) in [5.41, 5.74) is 1.02. The minimum absolute atomic E-state index is 0.368. The third-order valence-electron chi connectivity index (χ3n) is 3.37. The predicted octanol–water partition coefficient (Wildman–Crippen LogP) is 5.05. The molecule has 0 aliphatic heterocycles. The summed E-state index contributed by atoms with van der Waals surface area (Å²) in [7, 11) is 0. The first-order valence-corrected chi connectivity index (χ1v) is 8.06. The quantitative estimate of drug-likeness (QED) is 0.665. The lowest BCUT2D eigenvalue weighted by atomic mass is 10.0. The molecule has 0 amide bonds. The van der Waals surface area contributed by atoms with E-state index in [9.17, 15) is 5.11 Å². The molecule has 1 aromatic carbocycles. The molecule has 0 bridgehead atoms. The molecule has 0 fully saturated rings. The molecule has 0 saturated heterocycles. The van der Waals surface area contributed by atoms with Gasteiger partial charge in [-0.15, -0.1) is 11.8 Å². The molecule has 0 saturated carbocycles. The van der Waals surface area contributed by atoms with Crippen LogP contribution in [0.1, 0.15) is 58.1 Å². The molecule has 1 rings (SSSR count). The fourth-order valence-electron chi connectivity index (χ4n) is 1.98. The number of aliphatic hydroxyl groups excluding tert-OH is 1. The van der Waals surface area contributed by atoms with Gasteiger partial charge in [-0.2, -0.15) is 0 Å². The molecular weight excluding hydrogens is 240 g/mol. The third-order valence-corrected chi connectivity index (χ3v) is 4.59. The average Bonchev–Trinajstić information content (AvgIpc) is 2.39. The highest BCUT2D eigenvalue weighted by molar-refractivity contribution is 7.99. The second-order valence-corrected chi connectivity index (χ2v) is 6.07. The van der Waals surface area contributed by atoms with Gasteiger partial charge in [-0.05, 0) is 37.0 Å². The highest BCUT2D eigenvalue weighted by Crippen LogP contribution is 2.26. The smallest absolute Gasteiger partial charge is 0.0762 e. The summed E-state index contributed by atoms with van der Waals surface area (Å²) in [5.74, 6) is 2.02. The van der Waals surface area contributed by atoms with Crippen LogP contribution in [0.4, 0.5) is 0 Å². The lowest BCUT2D eigenvalue weighted by Gasteiger charge is -2.14. The minimum atomic E-state index is -0.368. The Bertz CT molecular complexity index is 336. The van der Waals surface area contributed by atoms with Crippen molar-refractivity contribution in [3.05, 3.63) is 29.8 Å². The molecule has 1 nitrogen and oxygen atoms in total. The van der Waals surface area contributed by atoms with Gasteiger partial charge in [0.1, 0.15) is 0 Å². The van der Waals surface area contributed by atoms with Gasteiger partial charge in [-0.3, -0.25) is 0 Å². The van der Waals surface area contributed by atoms with Crippen molar-refractivity contribution in [1.82, 2.24) is 0 Å². The highest BCUT2D eigenvalue weighted by Gasteiger charge is 2.07. The van der Waals surface area contributed by atoms with E-state index in [0.717, 1.165) is 11.5 Å². The minimum Gasteiger partial charge on any atom is -0.389 e. The van der Waals surface area contributed by atoms with Crippen LogP contribution in [0, 0.1) is 5.92 Å². The van der Waals surface area contributed by atoms with Crippen LogP contribution in [0.5, 0.6) is 0 Å². The Labute approximate surface area is 116 Å². The van der Waals surface area contributed by atoms with Gasteiger partial charge in [0, 0.05) is 10.6 Å². The Morgan fingerprint density at radius 2 is 2.06 bits per heavy atom. The van der Waals surface area contributed by atoms with Crippen molar-refractivity contribution >= 4 is 11.8 Å². The second-order valence-electron chi connectivity index (χ2n) is 4.98. The van der Waals surface area contributed by atoms with E-state index in [1.54, 1.807) is 0 Å². The number of aliphatic hydroxyl groups is 1. The van der Waals surface area contributed by atoms with E-state index in [0.29, 0.717) is 0 Å². The van der Waals surface area contributed by atoms with E-state index in [4.69, 9.17) is 0 Å². The van der Waals surface area contributed by atoms with E-state index < -0.39 is 0 Å². The molecule has 2 atom stereocenters. The SMILES string of the molecule is CCCCC(CC)CSc1cccc(C(C)O)c1. The van der Waals surface area contributed by atoms with E-state index >= 15 is 0 Å². The highest BCUT2D eigenvalue weighted by atomic mass is 32.2. The summed E-state index contributed by atoms with van der Waals surface area (Å²) in [4.78, 5) is 1.28. The molecule has 102 valence electrons. The number of unbranched alkanes of at least 4 members (excludes halogenated alkanes) is 1. The third kappa shape index (κ3) is 5.45. The monoisotopic (exact) mass is 266 g/mol. The van der Waals surface area contributed by atoms with Crippen LogP contribution in [-0.2, 0) is 0 Å². The molecular formula is C16H26OS. The largest absolute Gasteiger partial charge is 0.389 e. The molecule has 1 aromatic rings. The van der Waals surface area contributed by atoms with Gasteiger partial charge in [0.25, 0.3) is 0 Å².